The molecular weight excluding hydrogens is 436 g/mol. The number of hydrogen-bond donors (Lipinski definition) is 1. The molecule has 0 aromatic carbocycles. The highest BCUT2D eigenvalue weighted by molar-refractivity contribution is 5.99. The normalized spacial score (nSPS) is 42.0. The van der Waals surface area contributed by atoms with Gasteiger partial charge in [0, 0.05) is 36.2 Å². The minimum absolute atomic E-state index is 0.0716. The van der Waals surface area contributed by atoms with Crippen molar-refractivity contribution in [3.63, 3.8) is 0 Å². The Bertz CT molecular complexity index is 979. The number of Topliss-reactive ketones (excluding diaryl/α,β-unsaturated/α-hetero) is 2. The van der Waals surface area contributed by atoms with E-state index in [0.717, 1.165) is 32.1 Å². The van der Waals surface area contributed by atoms with Gasteiger partial charge in [-0.05, 0) is 63.2 Å². The molecule has 4 aliphatic carbocycles. The molecule has 1 spiro atoms. The lowest BCUT2D eigenvalue weighted by atomic mass is 9.48. The summed E-state index contributed by atoms with van der Waals surface area (Å²) in [5.74, 6) is -0.436. The quantitative estimate of drug-likeness (QED) is 0.206. The number of ether oxygens (including phenoxy) is 2. The smallest absolute Gasteiger partial charge is 0.306 e. The van der Waals surface area contributed by atoms with Gasteiger partial charge in [0.15, 0.2) is 0 Å². The first-order valence-corrected chi connectivity index (χ1v) is 12.7. The van der Waals surface area contributed by atoms with Gasteiger partial charge in [-0.1, -0.05) is 31.6 Å². The molecule has 34 heavy (non-hydrogen) atoms. The van der Waals surface area contributed by atoms with E-state index in [1.54, 1.807) is 13.8 Å². The lowest BCUT2D eigenvalue weighted by Crippen LogP contribution is -2.53. The minimum atomic E-state index is -1.41. The van der Waals surface area contributed by atoms with Crippen LogP contribution in [-0.2, 0) is 28.7 Å². The maximum atomic E-state index is 13.8. The first kappa shape index (κ1) is 23.9. The SMILES string of the molecule is CC(C)OC(OO)C(=O)C1=CC2CC(=O)CC[C@]2(C)C2=CC[C@@]3(C)[C@@H](CC[C@@]34CCC(=O)O4)[C@H]12. The number of ketones is 2. The monoisotopic (exact) mass is 472 g/mol. The number of carbonyl (C=O) groups excluding carboxylic acids is 3. The van der Waals surface area contributed by atoms with Crippen molar-refractivity contribution in [1.82, 2.24) is 0 Å². The van der Waals surface area contributed by atoms with Crippen molar-refractivity contribution >= 4 is 17.5 Å². The molecule has 0 aromatic heterocycles. The molecule has 1 aliphatic heterocycles. The van der Waals surface area contributed by atoms with E-state index in [2.05, 4.69) is 24.8 Å². The Morgan fingerprint density at radius 1 is 1.18 bits per heavy atom. The second-order valence-corrected chi connectivity index (χ2v) is 11.7. The molecule has 5 rings (SSSR count). The molecule has 1 N–H and O–H groups in total. The molecule has 2 unspecified atom stereocenters. The predicted octanol–water partition coefficient (Wildman–Crippen LogP) is 4.55. The molecule has 0 bridgehead atoms. The third-order valence-electron chi connectivity index (χ3n) is 9.80. The number of rotatable bonds is 5. The summed E-state index contributed by atoms with van der Waals surface area (Å²) in [5.41, 5.74) is 0.822. The molecule has 0 aromatic rings. The first-order chi connectivity index (χ1) is 16.0. The zero-order valence-electron chi connectivity index (χ0n) is 20.6. The number of fused-ring (bicyclic) bond motifs is 6. The average Bonchev–Trinajstić information content (AvgIpc) is 3.31. The van der Waals surface area contributed by atoms with Crippen molar-refractivity contribution in [1.29, 1.82) is 0 Å². The van der Waals surface area contributed by atoms with Crippen LogP contribution < -0.4 is 0 Å². The molecular formula is C27H36O7. The molecule has 7 atom stereocenters. The van der Waals surface area contributed by atoms with Gasteiger partial charge in [0.1, 0.15) is 11.4 Å². The van der Waals surface area contributed by atoms with E-state index in [4.69, 9.17) is 9.47 Å². The maximum Gasteiger partial charge on any atom is 0.306 e. The van der Waals surface area contributed by atoms with Crippen molar-refractivity contribution in [2.24, 2.45) is 28.6 Å². The summed E-state index contributed by atoms with van der Waals surface area (Å²) in [4.78, 5) is 42.9. The standard InChI is InChI=1S/C27H36O7/c1-15(2)32-24(34-31)23(30)18-14-16-13-17(28)5-9-25(16,3)19-6-10-26(4)20(22(18)19)7-11-27(26)12-8-21(29)33-27/h6,14-16,20,22,24,31H,5,7-13H2,1-4H3/t16?,20-,22+,24?,25-,26-,27+/m0/s1. The molecule has 7 heteroatoms. The van der Waals surface area contributed by atoms with Crippen molar-refractivity contribution in [2.45, 2.75) is 97.1 Å². The van der Waals surface area contributed by atoms with E-state index < -0.39 is 11.9 Å². The Morgan fingerprint density at radius 3 is 2.59 bits per heavy atom. The van der Waals surface area contributed by atoms with E-state index in [-0.39, 0.29) is 52.2 Å². The summed E-state index contributed by atoms with van der Waals surface area (Å²) in [7, 11) is 0. The molecule has 2 saturated carbocycles. The van der Waals surface area contributed by atoms with Gasteiger partial charge in [0.25, 0.3) is 6.29 Å². The fourth-order valence-electron chi connectivity index (χ4n) is 7.87. The van der Waals surface area contributed by atoms with Crippen molar-refractivity contribution in [3.8, 4) is 0 Å². The molecule has 3 fully saturated rings. The Kier molecular flexibility index (Phi) is 5.69. The third-order valence-corrected chi connectivity index (χ3v) is 9.80. The zero-order valence-corrected chi connectivity index (χ0v) is 20.6. The van der Waals surface area contributed by atoms with E-state index in [9.17, 15) is 19.6 Å². The van der Waals surface area contributed by atoms with Crippen LogP contribution in [-0.4, -0.2) is 40.8 Å². The predicted molar refractivity (Wildman–Crippen MR) is 122 cm³/mol. The Hall–Kier alpha value is -1.83. The second-order valence-electron chi connectivity index (χ2n) is 11.7. The zero-order chi connectivity index (χ0) is 24.5. The van der Waals surface area contributed by atoms with Crippen LogP contribution in [0.5, 0.6) is 0 Å². The van der Waals surface area contributed by atoms with Gasteiger partial charge >= 0.3 is 5.97 Å². The topological polar surface area (TPSA) is 99.1 Å². The highest BCUT2D eigenvalue weighted by Gasteiger charge is 2.66. The molecule has 0 amide bonds. The summed E-state index contributed by atoms with van der Waals surface area (Å²) < 4.78 is 11.6. The van der Waals surface area contributed by atoms with E-state index >= 15 is 0 Å². The van der Waals surface area contributed by atoms with Crippen LogP contribution in [0.3, 0.4) is 0 Å². The fraction of sp³-hybridized carbons (Fsp3) is 0.741. The van der Waals surface area contributed by atoms with E-state index in [0.29, 0.717) is 24.8 Å². The number of hydrogen-bond acceptors (Lipinski definition) is 7. The second kappa shape index (κ2) is 8.10. The van der Waals surface area contributed by atoms with Gasteiger partial charge in [-0.15, -0.1) is 0 Å². The molecule has 5 aliphatic rings. The van der Waals surface area contributed by atoms with Crippen molar-refractivity contribution in [2.75, 3.05) is 0 Å². The van der Waals surface area contributed by atoms with Crippen LogP contribution in [0, 0.1) is 28.6 Å². The van der Waals surface area contributed by atoms with Crippen LogP contribution >= 0.6 is 0 Å². The van der Waals surface area contributed by atoms with Crippen LogP contribution in [0.1, 0.15) is 79.1 Å². The highest BCUT2D eigenvalue weighted by atomic mass is 17.1. The fourth-order valence-corrected chi connectivity index (χ4v) is 7.87. The van der Waals surface area contributed by atoms with Crippen LogP contribution in [0.15, 0.2) is 23.3 Å². The van der Waals surface area contributed by atoms with Gasteiger partial charge in [-0.25, -0.2) is 5.26 Å². The van der Waals surface area contributed by atoms with Crippen molar-refractivity contribution < 1.29 is 34.0 Å². The van der Waals surface area contributed by atoms with Gasteiger partial charge < -0.3 is 9.47 Å². The molecule has 7 nitrogen and oxygen atoms in total. The molecule has 1 saturated heterocycles. The number of carbonyl (C=O) groups is 3. The van der Waals surface area contributed by atoms with Crippen LogP contribution in [0.4, 0.5) is 0 Å². The van der Waals surface area contributed by atoms with Crippen molar-refractivity contribution in [3.05, 3.63) is 23.3 Å². The summed E-state index contributed by atoms with van der Waals surface area (Å²) in [6, 6.07) is 0. The van der Waals surface area contributed by atoms with E-state index in [1.165, 1.54) is 5.57 Å². The molecule has 1 heterocycles. The summed E-state index contributed by atoms with van der Waals surface area (Å²) in [6.45, 7) is 8.00. The van der Waals surface area contributed by atoms with Crippen LogP contribution in [0.25, 0.3) is 0 Å². The van der Waals surface area contributed by atoms with Crippen LogP contribution in [0.2, 0.25) is 0 Å². The van der Waals surface area contributed by atoms with Gasteiger partial charge in [-0.3, -0.25) is 14.4 Å². The lowest BCUT2D eigenvalue weighted by molar-refractivity contribution is -0.336. The average molecular weight is 473 g/mol. The van der Waals surface area contributed by atoms with Gasteiger partial charge in [0.05, 0.1) is 6.10 Å². The Labute approximate surface area is 200 Å². The summed E-state index contributed by atoms with van der Waals surface area (Å²) in [6.07, 6.45) is 7.86. The summed E-state index contributed by atoms with van der Waals surface area (Å²) >= 11 is 0. The summed E-state index contributed by atoms with van der Waals surface area (Å²) in [5, 5.41) is 9.53. The number of allylic oxidation sites excluding steroid dienone is 3. The van der Waals surface area contributed by atoms with Gasteiger partial charge in [0.2, 0.25) is 5.78 Å². The Morgan fingerprint density at radius 2 is 1.94 bits per heavy atom. The number of esters is 1. The molecule has 186 valence electrons. The lowest BCUT2D eigenvalue weighted by Gasteiger charge is -2.56. The Balaban J connectivity index is 1.61. The highest BCUT2D eigenvalue weighted by Crippen LogP contribution is 2.68. The maximum absolute atomic E-state index is 13.8. The largest absolute Gasteiger partial charge is 0.458 e. The minimum Gasteiger partial charge on any atom is -0.458 e. The molecule has 0 radical (unpaired) electrons. The third kappa shape index (κ3) is 3.30. The first-order valence-electron chi connectivity index (χ1n) is 12.7. The van der Waals surface area contributed by atoms with Gasteiger partial charge in [-0.2, -0.15) is 4.89 Å². The van der Waals surface area contributed by atoms with E-state index in [1.807, 2.05) is 6.08 Å².